The number of carbonyl (C=O) groups excluding carboxylic acids is 1. The number of carbonyl (C=O) groups is 1. The molecule has 3 rings (SSSR count). The molecule has 0 aliphatic heterocycles. The fourth-order valence-corrected chi connectivity index (χ4v) is 4.99. The highest BCUT2D eigenvalue weighted by Crippen LogP contribution is 2.36. The van der Waals surface area contributed by atoms with E-state index in [2.05, 4.69) is 4.72 Å². The van der Waals surface area contributed by atoms with E-state index in [9.17, 15) is 13.2 Å². The minimum atomic E-state index is -3.83. The number of primary amides is 1. The summed E-state index contributed by atoms with van der Waals surface area (Å²) in [6, 6.07) is 17.7. The van der Waals surface area contributed by atoms with Gasteiger partial charge < -0.3 is 5.73 Å². The van der Waals surface area contributed by atoms with Crippen LogP contribution in [-0.4, -0.2) is 14.3 Å². The van der Waals surface area contributed by atoms with Crippen LogP contribution in [0.3, 0.4) is 0 Å². The van der Waals surface area contributed by atoms with E-state index in [0.29, 0.717) is 5.92 Å². The van der Waals surface area contributed by atoms with Crippen molar-refractivity contribution in [1.29, 1.82) is 0 Å². The number of thiophene rings is 1. The van der Waals surface area contributed by atoms with E-state index in [1.165, 1.54) is 11.3 Å². The van der Waals surface area contributed by atoms with Crippen LogP contribution in [0.2, 0.25) is 0 Å². The molecule has 1 heterocycles. The molecular formula is C20H20N2O3S2. The molecule has 140 valence electrons. The summed E-state index contributed by atoms with van der Waals surface area (Å²) in [4.78, 5) is 12.7. The lowest BCUT2D eigenvalue weighted by atomic mass is 10.0. The number of hydrogen-bond acceptors (Lipinski definition) is 4. The van der Waals surface area contributed by atoms with Crippen molar-refractivity contribution in [2.24, 2.45) is 5.73 Å². The van der Waals surface area contributed by atoms with Crippen molar-refractivity contribution < 1.29 is 13.2 Å². The van der Waals surface area contributed by atoms with E-state index in [-0.39, 0.29) is 15.5 Å². The number of rotatable bonds is 6. The first-order valence-corrected chi connectivity index (χ1v) is 10.7. The third-order valence-electron chi connectivity index (χ3n) is 4.14. The van der Waals surface area contributed by atoms with Crippen LogP contribution >= 0.6 is 11.3 Å². The van der Waals surface area contributed by atoms with Gasteiger partial charge in [-0.05, 0) is 35.2 Å². The van der Waals surface area contributed by atoms with E-state index < -0.39 is 15.9 Å². The highest BCUT2D eigenvalue weighted by atomic mass is 32.2. The third-order valence-corrected chi connectivity index (χ3v) is 6.73. The van der Waals surface area contributed by atoms with Gasteiger partial charge in [0.05, 0.1) is 10.5 Å². The van der Waals surface area contributed by atoms with Crippen LogP contribution in [0, 0.1) is 0 Å². The average molecular weight is 401 g/mol. The molecule has 0 spiro atoms. The maximum atomic E-state index is 12.7. The van der Waals surface area contributed by atoms with Gasteiger partial charge in [0.15, 0.2) is 0 Å². The topological polar surface area (TPSA) is 89.3 Å². The van der Waals surface area contributed by atoms with Crippen LogP contribution in [-0.2, 0) is 10.0 Å². The lowest BCUT2D eigenvalue weighted by Crippen LogP contribution is -2.17. The number of anilines is 1. The second-order valence-electron chi connectivity index (χ2n) is 6.41. The Morgan fingerprint density at radius 1 is 1.04 bits per heavy atom. The summed E-state index contributed by atoms with van der Waals surface area (Å²) in [5, 5.41) is 0.217. The number of benzene rings is 2. The molecule has 1 aromatic heterocycles. The summed E-state index contributed by atoms with van der Waals surface area (Å²) in [5.41, 5.74) is 7.54. The van der Waals surface area contributed by atoms with Gasteiger partial charge in [-0.25, -0.2) is 8.42 Å². The van der Waals surface area contributed by atoms with E-state index in [1.54, 1.807) is 30.3 Å². The predicted octanol–water partition coefficient (Wildman–Crippen LogP) is 4.44. The zero-order chi connectivity index (χ0) is 19.6. The fourth-order valence-electron chi connectivity index (χ4n) is 2.61. The zero-order valence-electron chi connectivity index (χ0n) is 15.0. The highest BCUT2D eigenvalue weighted by molar-refractivity contribution is 7.93. The Bertz CT molecular complexity index is 1050. The number of amides is 1. The molecule has 0 bridgehead atoms. The predicted molar refractivity (Wildman–Crippen MR) is 110 cm³/mol. The van der Waals surface area contributed by atoms with Crippen molar-refractivity contribution in [3.8, 4) is 10.4 Å². The highest BCUT2D eigenvalue weighted by Gasteiger charge is 2.21. The Labute approximate surface area is 162 Å². The molecule has 0 aliphatic carbocycles. The van der Waals surface area contributed by atoms with Crippen LogP contribution in [0.15, 0.2) is 65.6 Å². The van der Waals surface area contributed by atoms with Gasteiger partial charge in [0.25, 0.3) is 15.9 Å². The summed E-state index contributed by atoms with van der Waals surface area (Å²) >= 11 is 1.18. The van der Waals surface area contributed by atoms with Crippen molar-refractivity contribution in [3.05, 3.63) is 71.8 Å². The number of hydrogen-bond donors (Lipinski definition) is 2. The van der Waals surface area contributed by atoms with Gasteiger partial charge in [0.2, 0.25) is 0 Å². The van der Waals surface area contributed by atoms with E-state index in [1.807, 2.05) is 44.2 Å². The van der Waals surface area contributed by atoms with Gasteiger partial charge in [-0.2, -0.15) is 0 Å². The molecule has 2 aromatic carbocycles. The Hall–Kier alpha value is -2.64. The first-order valence-electron chi connectivity index (χ1n) is 8.40. The van der Waals surface area contributed by atoms with Crippen LogP contribution in [0.5, 0.6) is 0 Å². The molecule has 0 saturated heterocycles. The van der Waals surface area contributed by atoms with Gasteiger partial charge >= 0.3 is 0 Å². The quantitative estimate of drug-likeness (QED) is 0.641. The second-order valence-corrected chi connectivity index (χ2v) is 9.15. The largest absolute Gasteiger partial charge is 0.366 e. The summed E-state index contributed by atoms with van der Waals surface area (Å²) < 4.78 is 28.0. The van der Waals surface area contributed by atoms with E-state index >= 15 is 0 Å². The van der Waals surface area contributed by atoms with Crippen molar-refractivity contribution in [2.45, 2.75) is 24.7 Å². The molecule has 0 aliphatic rings. The minimum absolute atomic E-state index is 0.136. The minimum Gasteiger partial charge on any atom is -0.366 e. The SMILES string of the molecule is CC(C)c1ccc(S(=O)(=O)Nc2sc(-c3ccccc3)cc2C(N)=O)cc1. The Morgan fingerprint density at radius 2 is 1.67 bits per heavy atom. The number of nitrogens with one attached hydrogen (secondary N) is 1. The fraction of sp³-hybridized carbons (Fsp3) is 0.150. The monoisotopic (exact) mass is 400 g/mol. The molecule has 7 heteroatoms. The summed E-state index contributed by atoms with van der Waals surface area (Å²) in [5.74, 6) is -0.372. The molecule has 5 nitrogen and oxygen atoms in total. The molecular weight excluding hydrogens is 380 g/mol. The average Bonchev–Trinajstić information content (AvgIpc) is 3.06. The Morgan fingerprint density at radius 3 is 2.22 bits per heavy atom. The molecule has 0 fully saturated rings. The standard InChI is InChI=1S/C20H20N2O3S2/c1-13(2)14-8-10-16(11-9-14)27(24,25)22-20-17(19(21)23)12-18(26-20)15-6-4-3-5-7-15/h3-13,22H,1-2H3,(H2,21,23). The van der Waals surface area contributed by atoms with Gasteiger partial charge in [0, 0.05) is 4.88 Å². The van der Waals surface area contributed by atoms with Crippen LogP contribution in [0.25, 0.3) is 10.4 Å². The molecule has 1 amide bonds. The maximum absolute atomic E-state index is 12.7. The second kappa shape index (κ2) is 7.54. The van der Waals surface area contributed by atoms with Gasteiger partial charge in [0.1, 0.15) is 5.00 Å². The Kier molecular flexibility index (Phi) is 5.34. The van der Waals surface area contributed by atoms with Crippen LogP contribution in [0.4, 0.5) is 5.00 Å². The molecule has 0 atom stereocenters. The number of nitrogens with two attached hydrogens (primary N) is 1. The molecule has 27 heavy (non-hydrogen) atoms. The molecule has 0 radical (unpaired) electrons. The summed E-state index contributed by atoms with van der Waals surface area (Å²) in [7, 11) is -3.83. The summed E-state index contributed by atoms with van der Waals surface area (Å²) in [6.07, 6.45) is 0. The van der Waals surface area contributed by atoms with Crippen molar-refractivity contribution in [2.75, 3.05) is 4.72 Å². The van der Waals surface area contributed by atoms with Crippen molar-refractivity contribution >= 4 is 32.3 Å². The number of sulfonamides is 1. The zero-order valence-corrected chi connectivity index (χ0v) is 16.6. The molecule has 3 aromatic rings. The van der Waals surface area contributed by atoms with Gasteiger partial charge in [-0.3, -0.25) is 9.52 Å². The smallest absolute Gasteiger partial charge is 0.262 e. The van der Waals surface area contributed by atoms with Crippen LogP contribution < -0.4 is 10.5 Å². The van der Waals surface area contributed by atoms with Gasteiger partial charge in [-0.1, -0.05) is 56.3 Å². The van der Waals surface area contributed by atoms with E-state index in [0.717, 1.165) is 16.0 Å². The normalized spacial score (nSPS) is 11.5. The van der Waals surface area contributed by atoms with Crippen molar-refractivity contribution in [3.63, 3.8) is 0 Å². The molecule has 0 saturated carbocycles. The first kappa shape index (κ1) is 19.1. The summed E-state index contributed by atoms with van der Waals surface area (Å²) in [6.45, 7) is 4.08. The van der Waals surface area contributed by atoms with Crippen molar-refractivity contribution in [1.82, 2.24) is 0 Å². The third kappa shape index (κ3) is 4.20. The van der Waals surface area contributed by atoms with Crippen LogP contribution in [0.1, 0.15) is 35.7 Å². The molecule has 3 N–H and O–H groups in total. The van der Waals surface area contributed by atoms with Gasteiger partial charge in [-0.15, -0.1) is 11.3 Å². The first-order chi connectivity index (χ1) is 12.8. The molecule has 0 unspecified atom stereocenters. The van der Waals surface area contributed by atoms with E-state index in [4.69, 9.17) is 5.73 Å². The lowest BCUT2D eigenvalue weighted by Gasteiger charge is -2.09. The maximum Gasteiger partial charge on any atom is 0.262 e. The Balaban J connectivity index is 1.96. The lowest BCUT2D eigenvalue weighted by molar-refractivity contribution is 0.100.